The van der Waals surface area contributed by atoms with Gasteiger partial charge in [-0.15, -0.1) is 0 Å². The van der Waals surface area contributed by atoms with E-state index in [1.807, 2.05) is 0 Å². The molecule has 1 aromatic rings. The Labute approximate surface area is 121 Å². The molecule has 2 heterocycles. The Balaban J connectivity index is 1.51. The Morgan fingerprint density at radius 3 is 2.30 bits per heavy atom. The van der Waals surface area contributed by atoms with E-state index < -0.39 is 0 Å². The Morgan fingerprint density at radius 1 is 0.950 bits per heavy atom. The summed E-state index contributed by atoms with van der Waals surface area (Å²) in [4.78, 5) is 2.45. The monoisotopic (exact) mass is 276 g/mol. The number of ether oxygens (including phenoxy) is 2. The van der Waals surface area contributed by atoms with Crippen molar-refractivity contribution in [3.05, 3.63) is 29.8 Å². The lowest BCUT2D eigenvalue weighted by Gasteiger charge is -2.27. The molecule has 2 saturated heterocycles. The largest absolute Gasteiger partial charge is 0.382 e. The summed E-state index contributed by atoms with van der Waals surface area (Å²) in [5.41, 5.74) is 2.60. The topological polar surface area (TPSA) is 33.7 Å². The Morgan fingerprint density at radius 2 is 1.60 bits per heavy atom. The summed E-state index contributed by atoms with van der Waals surface area (Å²) < 4.78 is 10.8. The van der Waals surface area contributed by atoms with Gasteiger partial charge in [0.05, 0.1) is 13.2 Å². The summed E-state index contributed by atoms with van der Waals surface area (Å²) in [7, 11) is 0. The number of hydrogen-bond acceptors (Lipinski definition) is 4. The van der Waals surface area contributed by atoms with Crippen LogP contribution in [0.1, 0.15) is 18.4 Å². The molecule has 0 atom stereocenters. The summed E-state index contributed by atoms with van der Waals surface area (Å²) in [6.07, 6.45) is 2.21. The maximum absolute atomic E-state index is 5.39. The van der Waals surface area contributed by atoms with Crippen molar-refractivity contribution in [2.45, 2.75) is 25.4 Å². The van der Waals surface area contributed by atoms with Crippen molar-refractivity contribution < 1.29 is 9.47 Å². The fourth-order valence-electron chi connectivity index (χ4n) is 2.80. The minimum absolute atomic E-state index is 0.564. The van der Waals surface area contributed by atoms with Crippen molar-refractivity contribution in [2.75, 3.05) is 44.8 Å². The van der Waals surface area contributed by atoms with Gasteiger partial charge in [-0.05, 0) is 30.5 Å². The van der Waals surface area contributed by atoms with Crippen molar-refractivity contribution in [3.8, 4) is 0 Å². The van der Waals surface area contributed by atoms with Crippen molar-refractivity contribution in [2.24, 2.45) is 0 Å². The molecule has 0 amide bonds. The molecule has 0 aromatic heterocycles. The van der Waals surface area contributed by atoms with Gasteiger partial charge in [-0.1, -0.05) is 12.1 Å². The molecular formula is C16H24N2O2. The van der Waals surface area contributed by atoms with Gasteiger partial charge in [-0.2, -0.15) is 0 Å². The van der Waals surface area contributed by atoms with Gasteiger partial charge in [0, 0.05) is 44.6 Å². The Bertz CT molecular complexity index is 356. The third-order valence-corrected chi connectivity index (χ3v) is 4.06. The predicted molar refractivity (Wildman–Crippen MR) is 80.0 cm³/mol. The van der Waals surface area contributed by atoms with Crippen LogP contribution in [0.4, 0.5) is 5.69 Å². The minimum Gasteiger partial charge on any atom is -0.382 e. The van der Waals surface area contributed by atoms with Crippen LogP contribution < -0.4 is 5.32 Å². The zero-order chi connectivity index (χ0) is 13.6. The molecule has 2 fully saturated rings. The van der Waals surface area contributed by atoms with Gasteiger partial charge in [0.2, 0.25) is 0 Å². The predicted octanol–water partition coefficient (Wildman–Crippen LogP) is 2.11. The first-order chi connectivity index (χ1) is 9.90. The molecule has 0 unspecified atom stereocenters. The van der Waals surface area contributed by atoms with Gasteiger partial charge in [-0.3, -0.25) is 4.90 Å². The molecule has 20 heavy (non-hydrogen) atoms. The zero-order valence-electron chi connectivity index (χ0n) is 12.0. The molecule has 3 rings (SSSR count). The second-order valence-corrected chi connectivity index (χ2v) is 5.62. The first kappa shape index (κ1) is 13.9. The Kier molecular flexibility index (Phi) is 4.90. The summed E-state index contributed by atoms with van der Waals surface area (Å²) >= 11 is 0. The molecule has 2 aliphatic rings. The van der Waals surface area contributed by atoms with E-state index in [2.05, 4.69) is 34.5 Å². The van der Waals surface area contributed by atoms with E-state index in [9.17, 15) is 0 Å². The average Bonchev–Trinajstić information content (AvgIpc) is 2.51. The smallest absolute Gasteiger partial charge is 0.0594 e. The lowest BCUT2D eigenvalue weighted by Crippen LogP contribution is -2.35. The highest BCUT2D eigenvalue weighted by Crippen LogP contribution is 2.17. The van der Waals surface area contributed by atoms with E-state index >= 15 is 0 Å². The van der Waals surface area contributed by atoms with Crippen LogP contribution in [-0.4, -0.2) is 50.5 Å². The molecule has 4 heteroatoms. The highest BCUT2D eigenvalue weighted by Gasteiger charge is 2.13. The number of anilines is 1. The van der Waals surface area contributed by atoms with Gasteiger partial charge in [-0.25, -0.2) is 0 Å². The second kappa shape index (κ2) is 7.07. The number of hydrogen-bond donors (Lipinski definition) is 1. The van der Waals surface area contributed by atoms with Gasteiger partial charge in [0.1, 0.15) is 0 Å². The normalized spacial score (nSPS) is 21.8. The van der Waals surface area contributed by atoms with E-state index in [0.717, 1.165) is 58.9 Å². The fourth-order valence-corrected chi connectivity index (χ4v) is 2.80. The van der Waals surface area contributed by atoms with Crippen molar-refractivity contribution in [3.63, 3.8) is 0 Å². The quantitative estimate of drug-likeness (QED) is 0.913. The van der Waals surface area contributed by atoms with Crippen LogP contribution in [0, 0.1) is 0 Å². The molecule has 0 saturated carbocycles. The van der Waals surface area contributed by atoms with Crippen LogP contribution in [0.2, 0.25) is 0 Å². The first-order valence-corrected chi connectivity index (χ1v) is 7.63. The van der Waals surface area contributed by atoms with Crippen molar-refractivity contribution in [1.82, 2.24) is 4.90 Å². The molecular weight excluding hydrogens is 252 g/mol. The fraction of sp³-hybridized carbons (Fsp3) is 0.625. The highest BCUT2D eigenvalue weighted by atomic mass is 16.5. The van der Waals surface area contributed by atoms with E-state index in [1.54, 1.807) is 0 Å². The standard InChI is InChI=1S/C16H24N2O2/c1-3-15(17-16-5-9-19-10-6-16)4-2-14(1)13-18-7-11-20-12-8-18/h1-4,16-17H,5-13H2. The van der Waals surface area contributed by atoms with Gasteiger partial charge < -0.3 is 14.8 Å². The lowest BCUT2D eigenvalue weighted by molar-refractivity contribution is 0.0342. The van der Waals surface area contributed by atoms with Crippen LogP contribution in [-0.2, 0) is 16.0 Å². The lowest BCUT2D eigenvalue weighted by atomic mass is 10.1. The van der Waals surface area contributed by atoms with E-state index in [0.29, 0.717) is 6.04 Å². The van der Waals surface area contributed by atoms with Crippen molar-refractivity contribution >= 4 is 5.69 Å². The highest BCUT2D eigenvalue weighted by molar-refractivity contribution is 5.45. The molecule has 1 N–H and O–H groups in total. The van der Waals surface area contributed by atoms with E-state index in [4.69, 9.17) is 9.47 Å². The number of nitrogens with one attached hydrogen (secondary N) is 1. The van der Waals surface area contributed by atoms with Gasteiger partial charge in [0.15, 0.2) is 0 Å². The second-order valence-electron chi connectivity index (χ2n) is 5.62. The molecule has 2 aliphatic heterocycles. The third kappa shape index (κ3) is 3.95. The molecule has 0 spiro atoms. The summed E-state index contributed by atoms with van der Waals surface area (Å²) in [6.45, 7) is 6.61. The first-order valence-electron chi connectivity index (χ1n) is 7.63. The van der Waals surface area contributed by atoms with Gasteiger partial charge in [0.25, 0.3) is 0 Å². The van der Waals surface area contributed by atoms with Crippen LogP contribution in [0.25, 0.3) is 0 Å². The number of morpholine rings is 1. The average molecular weight is 276 g/mol. The number of rotatable bonds is 4. The number of nitrogens with zero attached hydrogens (tertiary/aromatic N) is 1. The zero-order valence-corrected chi connectivity index (χ0v) is 12.0. The van der Waals surface area contributed by atoms with E-state index in [-0.39, 0.29) is 0 Å². The van der Waals surface area contributed by atoms with Crippen LogP contribution in [0.3, 0.4) is 0 Å². The molecule has 0 bridgehead atoms. The SMILES string of the molecule is c1cc(NC2CCOCC2)ccc1CN1CCOCC1. The Hall–Kier alpha value is -1.10. The molecule has 110 valence electrons. The van der Waals surface area contributed by atoms with E-state index in [1.165, 1.54) is 11.3 Å². The van der Waals surface area contributed by atoms with Crippen molar-refractivity contribution in [1.29, 1.82) is 0 Å². The third-order valence-electron chi connectivity index (χ3n) is 4.06. The molecule has 4 nitrogen and oxygen atoms in total. The van der Waals surface area contributed by atoms with Crippen LogP contribution >= 0.6 is 0 Å². The van der Waals surface area contributed by atoms with Gasteiger partial charge >= 0.3 is 0 Å². The number of benzene rings is 1. The molecule has 0 radical (unpaired) electrons. The molecule has 0 aliphatic carbocycles. The minimum atomic E-state index is 0.564. The summed E-state index contributed by atoms with van der Waals surface area (Å²) in [5, 5.41) is 3.60. The summed E-state index contributed by atoms with van der Waals surface area (Å²) in [6, 6.07) is 9.43. The summed E-state index contributed by atoms with van der Waals surface area (Å²) in [5.74, 6) is 0. The van der Waals surface area contributed by atoms with Crippen LogP contribution in [0.5, 0.6) is 0 Å². The maximum atomic E-state index is 5.39. The maximum Gasteiger partial charge on any atom is 0.0594 e. The molecule has 1 aromatic carbocycles. The van der Waals surface area contributed by atoms with Crippen LogP contribution in [0.15, 0.2) is 24.3 Å².